The molecule has 3 aromatic rings. The summed E-state index contributed by atoms with van der Waals surface area (Å²) < 4.78 is 1.91. The monoisotopic (exact) mass is 487 g/mol. The molecule has 4 rings (SSSR count). The van der Waals surface area contributed by atoms with Crippen LogP contribution in [-0.2, 0) is 6.54 Å². The van der Waals surface area contributed by atoms with Gasteiger partial charge in [-0.3, -0.25) is 4.99 Å². The SMILES string of the molecule is CN=C(NC1CC1c1ccccc1)N(C)Cc1cnn(-c2ccccc2)c1.I. The Morgan fingerprint density at radius 3 is 2.50 bits per heavy atom. The summed E-state index contributed by atoms with van der Waals surface area (Å²) in [5.74, 6) is 1.50. The predicted octanol–water partition coefficient (Wildman–Crippen LogP) is 4.05. The highest BCUT2D eigenvalue weighted by atomic mass is 127. The van der Waals surface area contributed by atoms with Crippen molar-refractivity contribution in [3.8, 4) is 5.69 Å². The van der Waals surface area contributed by atoms with Crippen molar-refractivity contribution in [2.75, 3.05) is 14.1 Å². The van der Waals surface area contributed by atoms with E-state index in [0.29, 0.717) is 12.0 Å². The molecule has 6 heteroatoms. The van der Waals surface area contributed by atoms with Crippen molar-refractivity contribution in [1.82, 2.24) is 20.0 Å². The van der Waals surface area contributed by atoms with Crippen LogP contribution in [0.2, 0.25) is 0 Å². The molecule has 5 nitrogen and oxygen atoms in total. The lowest BCUT2D eigenvalue weighted by atomic mass is 10.1. The van der Waals surface area contributed by atoms with Gasteiger partial charge in [0.15, 0.2) is 5.96 Å². The van der Waals surface area contributed by atoms with E-state index in [9.17, 15) is 0 Å². The summed E-state index contributed by atoms with van der Waals surface area (Å²) in [7, 11) is 3.90. The van der Waals surface area contributed by atoms with Gasteiger partial charge in [0.05, 0.1) is 11.9 Å². The molecule has 2 unspecified atom stereocenters. The van der Waals surface area contributed by atoms with Gasteiger partial charge in [0.1, 0.15) is 0 Å². The minimum Gasteiger partial charge on any atom is -0.353 e. The Hall–Kier alpha value is -2.35. The summed E-state index contributed by atoms with van der Waals surface area (Å²) in [6.07, 6.45) is 5.15. The van der Waals surface area contributed by atoms with E-state index in [1.165, 1.54) is 5.56 Å². The number of halogens is 1. The molecule has 0 spiro atoms. The van der Waals surface area contributed by atoms with Crippen molar-refractivity contribution in [2.45, 2.75) is 24.9 Å². The fraction of sp³-hybridized carbons (Fsp3) is 0.273. The molecule has 1 aromatic heterocycles. The first kappa shape index (κ1) is 20.4. The third-order valence-corrected chi connectivity index (χ3v) is 4.98. The fourth-order valence-electron chi connectivity index (χ4n) is 3.45. The number of aromatic nitrogens is 2. The van der Waals surface area contributed by atoms with Crippen LogP contribution in [0.3, 0.4) is 0 Å². The standard InChI is InChI=1S/C22H25N5.HI/c1-23-22(25-21-13-20(21)18-9-5-3-6-10-18)26(2)15-17-14-24-27(16-17)19-11-7-4-8-12-19;/h3-12,14,16,20-21H,13,15H2,1-2H3,(H,23,25);1H. The molecule has 0 saturated heterocycles. The molecule has 146 valence electrons. The highest BCUT2D eigenvalue weighted by Gasteiger charge is 2.39. The van der Waals surface area contributed by atoms with Crippen molar-refractivity contribution in [3.63, 3.8) is 0 Å². The summed E-state index contributed by atoms with van der Waals surface area (Å²) in [4.78, 5) is 6.61. The molecule has 2 atom stereocenters. The number of guanidine groups is 1. The van der Waals surface area contributed by atoms with Gasteiger partial charge in [-0.25, -0.2) is 4.68 Å². The maximum Gasteiger partial charge on any atom is 0.193 e. The van der Waals surface area contributed by atoms with Gasteiger partial charge in [0.2, 0.25) is 0 Å². The van der Waals surface area contributed by atoms with Crippen molar-refractivity contribution >= 4 is 29.9 Å². The van der Waals surface area contributed by atoms with Gasteiger partial charge in [-0.15, -0.1) is 24.0 Å². The van der Waals surface area contributed by atoms with Crippen LogP contribution in [-0.4, -0.2) is 40.8 Å². The molecule has 0 radical (unpaired) electrons. The number of para-hydroxylation sites is 1. The van der Waals surface area contributed by atoms with Crippen molar-refractivity contribution in [2.24, 2.45) is 4.99 Å². The highest BCUT2D eigenvalue weighted by molar-refractivity contribution is 14.0. The van der Waals surface area contributed by atoms with Crippen molar-refractivity contribution in [1.29, 1.82) is 0 Å². The second-order valence-corrected chi connectivity index (χ2v) is 7.04. The van der Waals surface area contributed by atoms with E-state index in [1.807, 2.05) is 36.1 Å². The van der Waals surface area contributed by atoms with Crippen LogP contribution >= 0.6 is 24.0 Å². The van der Waals surface area contributed by atoms with Crippen LogP contribution in [0.4, 0.5) is 0 Å². The third-order valence-electron chi connectivity index (χ3n) is 4.98. The van der Waals surface area contributed by atoms with E-state index < -0.39 is 0 Å². The Kier molecular flexibility index (Phi) is 6.72. The zero-order chi connectivity index (χ0) is 18.6. The molecular formula is C22H26IN5. The van der Waals surface area contributed by atoms with Gasteiger partial charge in [-0.1, -0.05) is 48.5 Å². The summed E-state index contributed by atoms with van der Waals surface area (Å²) >= 11 is 0. The molecule has 1 saturated carbocycles. The largest absolute Gasteiger partial charge is 0.353 e. The van der Waals surface area contributed by atoms with Crippen LogP contribution in [0.1, 0.15) is 23.5 Å². The van der Waals surface area contributed by atoms with E-state index in [1.54, 1.807) is 0 Å². The Labute approximate surface area is 183 Å². The molecule has 0 bridgehead atoms. The number of aliphatic imine (C=N–C) groups is 1. The molecule has 28 heavy (non-hydrogen) atoms. The summed E-state index contributed by atoms with van der Waals surface area (Å²) in [5, 5.41) is 8.08. The number of nitrogens with zero attached hydrogens (tertiary/aromatic N) is 4. The van der Waals surface area contributed by atoms with Gasteiger partial charge >= 0.3 is 0 Å². The van der Waals surface area contributed by atoms with Crippen molar-refractivity contribution in [3.05, 3.63) is 84.2 Å². The van der Waals surface area contributed by atoms with E-state index in [0.717, 1.165) is 30.2 Å². The van der Waals surface area contributed by atoms with Gasteiger partial charge in [0, 0.05) is 44.4 Å². The van der Waals surface area contributed by atoms with E-state index >= 15 is 0 Å². The maximum absolute atomic E-state index is 4.48. The topological polar surface area (TPSA) is 45.5 Å². The third kappa shape index (κ3) is 4.73. The second kappa shape index (κ2) is 9.23. The molecule has 1 N–H and O–H groups in total. The van der Waals surface area contributed by atoms with Crippen LogP contribution in [0.15, 0.2) is 78.0 Å². The zero-order valence-corrected chi connectivity index (χ0v) is 18.5. The molecule has 0 aliphatic heterocycles. The van der Waals surface area contributed by atoms with Gasteiger partial charge in [-0.05, 0) is 24.1 Å². The van der Waals surface area contributed by atoms with Crippen LogP contribution in [0.25, 0.3) is 5.69 Å². The van der Waals surface area contributed by atoms with Gasteiger partial charge in [-0.2, -0.15) is 5.10 Å². The average molecular weight is 487 g/mol. The van der Waals surface area contributed by atoms with E-state index in [4.69, 9.17) is 0 Å². The zero-order valence-electron chi connectivity index (χ0n) is 16.2. The molecular weight excluding hydrogens is 461 g/mol. The first-order valence-electron chi connectivity index (χ1n) is 9.33. The average Bonchev–Trinajstić information content (AvgIpc) is 3.34. The Morgan fingerprint density at radius 1 is 1.14 bits per heavy atom. The normalized spacial score (nSPS) is 18.3. The molecule has 1 fully saturated rings. The first-order chi connectivity index (χ1) is 13.2. The number of benzene rings is 2. The fourth-order valence-corrected chi connectivity index (χ4v) is 3.45. The van der Waals surface area contributed by atoms with E-state index in [-0.39, 0.29) is 24.0 Å². The number of nitrogens with one attached hydrogen (secondary N) is 1. The Bertz CT molecular complexity index is 907. The maximum atomic E-state index is 4.48. The molecule has 2 aromatic carbocycles. The van der Waals surface area contributed by atoms with Crippen molar-refractivity contribution < 1.29 is 0 Å². The van der Waals surface area contributed by atoms with Crippen LogP contribution < -0.4 is 5.32 Å². The summed E-state index contributed by atoms with van der Waals surface area (Å²) in [6.45, 7) is 0.759. The number of hydrogen-bond acceptors (Lipinski definition) is 2. The smallest absolute Gasteiger partial charge is 0.193 e. The van der Waals surface area contributed by atoms with Gasteiger partial charge in [0.25, 0.3) is 0 Å². The molecule has 1 aliphatic rings. The number of rotatable bonds is 5. The predicted molar refractivity (Wildman–Crippen MR) is 125 cm³/mol. The lowest BCUT2D eigenvalue weighted by Crippen LogP contribution is -2.40. The second-order valence-electron chi connectivity index (χ2n) is 7.04. The lowest BCUT2D eigenvalue weighted by molar-refractivity contribution is 0.475. The first-order valence-corrected chi connectivity index (χ1v) is 9.33. The van der Waals surface area contributed by atoms with Gasteiger partial charge < -0.3 is 10.2 Å². The minimum absolute atomic E-state index is 0. The van der Waals surface area contributed by atoms with Crippen LogP contribution in [0, 0.1) is 0 Å². The molecule has 0 amide bonds. The number of hydrogen-bond donors (Lipinski definition) is 1. The summed E-state index contributed by atoms with van der Waals surface area (Å²) in [5.41, 5.74) is 3.62. The van der Waals surface area contributed by atoms with E-state index in [2.05, 4.69) is 76.0 Å². The summed E-state index contributed by atoms with van der Waals surface area (Å²) in [6, 6.07) is 21.3. The minimum atomic E-state index is 0. The highest BCUT2D eigenvalue weighted by Crippen LogP contribution is 2.40. The van der Waals surface area contributed by atoms with Crippen LogP contribution in [0.5, 0.6) is 0 Å². The Morgan fingerprint density at radius 2 is 1.82 bits per heavy atom. The quantitative estimate of drug-likeness (QED) is 0.336. The molecule has 1 aliphatic carbocycles. The molecule has 1 heterocycles. The Balaban J connectivity index is 0.00000225. The lowest BCUT2D eigenvalue weighted by Gasteiger charge is -2.21.